The normalized spacial score (nSPS) is 13.6. The minimum atomic E-state index is -4.89. The second-order valence-corrected chi connectivity index (χ2v) is 4.49. The lowest BCUT2D eigenvalue weighted by Crippen LogP contribution is -2.37. The summed E-state index contributed by atoms with van der Waals surface area (Å²) in [6, 6.07) is 3.33. The van der Waals surface area contributed by atoms with Gasteiger partial charge in [0.15, 0.2) is 11.5 Å². The summed E-state index contributed by atoms with van der Waals surface area (Å²) in [4.78, 5) is 10.8. The Morgan fingerprint density at radius 1 is 1.32 bits per heavy atom. The van der Waals surface area contributed by atoms with Crippen LogP contribution in [0.4, 0.5) is 13.2 Å². The number of halogens is 3. The summed E-state index contributed by atoms with van der Waals surface area (Å²) in [5.41, 5.74) is 1.36. The van der Waals surface area contributed by atoms with Crippen LogP contribution < -0.4 is 14.8 Å². The molecule has 0 radical (unpaired) electrons. The van der Waals surface area contributed by atoms with Gasteiger partial charge in [0.1, 0.15) is 0 Å². The van der Waals surface area contributed by atoms with Crippen molar-refractivity contribution in [2.24, 2.45) is 0 Å². The highest BCUT2D eigenvalue weighted by atomic mass is 19.4. The van der Waals surface area contributed by atoms with Gasteiger partial charge in [0.25, 0.3) is 0 Å². The monoisotopic (exact) mass is 317 g/mol. The number of rotatable bonds is 5. The van der Waals surface area contributed by atoms with Gasteiger partial charge < -0.3 is 19.9 Å². The fourth-order valence-electron chi connectivity index (χ4n) is 1.96. The molecule has 0 unspecified atom stereocenters. The quantitative estimate of drug-likeness (QED) is 0.866. The van der Waals surface area contributed by atoms with E-state index in [4.69, 9.17) is 14.6 Å². The molecule has 0 atom stereocenters. The van der Waals surface area contributed by atoms with Crippen molar-refractivity contribution in [1.82, 2.24) is 5.32 Å². The Hall–Kier alpha value is -2.22. The molecule has 2 N–H and O–H groups in total. The summed E-state index contributed by atoms with van der Waals surface area (Å²) >= 11 is 0. The van der Waals surface area contributed by atoms with Crippen molar-refractivity contribution >= 4 is 12.0 Å². The molecule has 0 bridgehead atoms. The molecule has 1 aliphatic rings. The number of hydrogen-bond acceptors (Lipinski definition) is 4. The van der Waals surface area contributed by atoms with Crippen LogP contribution in [0.3, 0.4) is 0 Å². The molecule has 0 aromatic heterocycles. The van der Waals surface area contributed by atoms with Gasteiger partial charge in [0.2, 0.25) is 6.79 Å². The Balaban J connectivity index is 2.09. The summed E-state index contributed by atoms with van der Waals surface area (Å²) in [6.45, 7) is -0.261. The Labute approximate surface area is 124 Å². The molecule has 1 aromatic rings. The third kappa shape index (κ3) is 3.91. The molecule has 1 amide bonds. The lowest BCUT2D eigenvalue weighted by molar-refractivity contribution is -0.173. The fraction of sp³-hybridized carbons (Fsp3) is 0.357. The molecule has 5 nitrogen and oxygen atoms in total. The van der Waals surface area contributed by atoms with E-state index in [-0.39, 0.29) is 26.4 Å². The van der Waals surface area contributed by atoms with Crippen LogP contribution in [0.25, 0.3) is 6.08 Å². The number of carbonyl (C=O) groups is 1. The minimum absolute atomic E-state index is 0.0761. The number of carbonyl (C=O) groups excluding carboxylic acids is 1. The number of fused-ring (bicyclic) bond motifs is 1. The predicted octanol–water partition coefficient (Wildman–Crippen LogP) is 1.64. The zero-order chi connectivity index (χ0) is 16.2. The van der Waals surface area contributed by atoms with E-state index in [2.05, 4.69) is 0 Å². The Morgan fingerprint density at radius 3 is 2.64 bits per heavy atom. The molecule has 2 rings (SSSR count). The van der Waals surface area contributed by atoms with Crippen LogP contribution in [0.1, 0.15) is 11.1 Å². The van der Waals surface area contributed by atoms with Crippen LogP contribution in [0.2, 0.25) is 0 Å². The van der Waals surface area contributed by atoms with Crippen molar-refractivity contribution in [1.29, 1.82) is 0 Å². The lowest BCUT2D eigenvalue weighted by atomic mass is 10.0. The number of hydrogen-bond donors (Lipinski definition) is 2. The zero-order valence-corrected chi connectivity index (χ0v) is 11.4. The summed E-state index contributed by atoms with van der Waals surface area (Å²) in [5, 5.41) is 10.6. The van der Waals surface area contributed by atoms with E-state index in [9.17, 15) is 18.0 Å². The molecular formula is C14H14F3NO4. The maximum atomic E-state index is 12.1. The average molecular weight is 317 g/mol. The summed E-state index contributed by atoms with van der Waals surface area (Å²) in [5.74, 6) is -0.945. The average Bonchev–Trinajstić information content (AvgIpc) is 2.90. The van der Waals surface area contributed by atoms with Crippen molar-refractivity contribution in [3.8, 4) is 11.5 Å². The van der Waals surface area contributed by atoms with Gasteiger partial charge in [-0.25, -0.2) is 0 Å². The van der Waals surface area contributed by atoms with E-state index >= 15 is 0 Å². The van der Waals surface area contributed by atoms with Crippen LogP contribution in [-0.4, -0.2) is 37.1 Å². The highest BCUT2D eigenvalue weighted by Crippen LogP contribution is 2.35. The van der Waals surface area contributed by atoms with Gasteiger partial charge in [-0.05, 0) is 29.7 Å². The van der Waals surface area contributed by atoms with Gasteiger partial charge in [0.05, 0.1) is 6.61 Å². The van der Waals surface area contributed by atoms with Crippen LogP contribution in [0.5, 0.6) is 11.5 Å². The topological polar surface area (TPSA) is 67.8 Å². The maximum Gasteiger partial charge on any atom is 0.471 e. The molecule has 0 spiro atoms. The first-order valence-corrected chi connectivity index (χ1v) is 6.46. The number of ether oxygens (including phenoxy) is 2. The van der Waals surface area contributed by atoms with E-state index in [1.54, 1.807) is 18.2 Å². The molecule has 1 aliphatic heterocycles. The first kappa shape index (κ1) is 16.2. The first-order chi connectivity index (χ1) is 10.4. The number of alkyl halides is 3. The van der Waals surface area contributed by atoms with Gasteiger partial charge >= 0.3 is 12.1 Å². The standard InChI is InChI=1S/C14H14F3NO4/c15-14(16,17)13(20)18-4-3-10-7-12-11(21-8-22-12)6-9(10)2-1-5-19/h1-2,6-7,19H,3-5,8H2,(H,18,20)/b2-1+. The number of nitrogens with one attached hydrogen (secondary N) is 1. The molecule has 0 fully saturated rings. The van der Waals surface area contributed by atoms with Crippen molar-refractivity contribution < 1.29 is 32.5 Å². The predicted molar refractivity (Wildman–Crippen MR) is 71.5 cm³/mol. The third-order valence-electron chi connectivity index (χ3n) is 2.97. The molecule has 1 aromatic carbocycles. The van der Waals surface area contributed by atoms with Gasteiger partial charge in [-0.1, -0.05) is 12.2 Å². The molecule has 1 heterocycles. The highest BCUT2D eigenvalue weighted by Gasteiger charge is 2.38. The Morgan fingerprint density at radius 2 is 2.00 bits per heavy atom. The third-order valence-corrected chi connectivity index (χ3v) is 2.97. The molecule has 22 heavy (non-hydrogen) atoms. The summed E-state index contributed by atoms with van der Waals surface area (Å²) in [6.07, 6.45) is -1.59. The molecular weight excluding hydrogens is 303 g/mol. The van der Waals surface area contributed by atoms with Crippen molar-refractivity contribution in [2.45, 2.75) is 12.6 Å². The number of aliphatic hydroxyl groups is 1. The molecule has 0 saturated heterocycles. The molecule has 120 valence electrons. The fourth-order valence-corrected chi connectivity index (χ4v) is 1.96. The Bertz CT molecular complexity index is 584. The maximum absolute atomic E-state index is 12.1. The van der Waals surface area contributed by atoms with E-state index < -0.39 is 12.1 Å². The summed E-state index contributed by atoms with van der Waals surface area (Å²) in [7, 11) is 0. The number of benzene rings is 1. The van der Waals surface area contributed by atoms with Gasteiger partial charge in [-0.3, -0.25) is 4.79 Å². The van der Waals surface area contributed by atoms with Crippen molar-refractivity contribution in [2.75, 3.05) is 19.9 Å². The van der Waals surface area contributed by atoms with E-state index in [0.29, 0.717) is 22.6 Å². The second-order valence-electron chi connectivity index (χ2n) is 4.49. The second kappa shape index (κ2) is 6.69. The van der Waals surface area contributed by atoms with Gasteiger partial charge in [-0.2, -0.15) is 13.2 Å². The largest absolute Gasteiger partial charge is 0.471 e. The van der Waals surface area contributed by atoms with E-state index in [0.717, 1.165) is 0 Å². The number of amides is 1. The smallest absolute Gasteiger partial charge is 0.454 e. The van der Waals surface area contributed by atoms with Crippen LogP contribution in [0.15, 0.2) is 18.2 Å². The first-order valence-electron chi connectivity index (χ1n) is 6.46. The van der Waals surface area contributed by atoms with Crippen LogP contribution >= 0.6 is 0 Å². The van der Waals surface area contributed by atoms with Crippen LogP contribution in [-0.2, 0) is 11.2 Å². The minimum Gasteiger partial charge on any atom is -0.454 e. The Kier molecular flexibility index (Phi) is 4.92. The molecule has 8 heteroatoms. The van der Waals surface area contributed by atoms with Gasteiger partial charge in [0, 0.05) is 6.54 Å². The van der Waals surface area contributed by atoms with Crippen molar-refractivity contribution in [3.63, 3.8) is 0 Å². The lowest BCUT2D eigenvalue weighted by Gasteiger charge is -2.10. The van der Waals surface area contributed by atoms with Gasteiger partial charge in [-0.15, -0.1) is 0 Å². The SMILES string of the molecule is O=C(NCCc1cc2c(cc1/C=C/CO)OCO2)C(F)(F)F. The number of aliphatic hydroxyl groups excluding tert-OH is 1. The van der Waals surface area contributed by atoms with Crippen LogP contribution in [0, 0.1) is 0 Å². The summed E-state index contributed by atoms with van der Waals surface area (Å²) < 4.78 is 46.8. The van der Waals surface area contributed by atoms with E-state index in [1.807, 2.05) is 5.32 Å². The molecule has 0 aliphatic carbocycles. The molecule has 0 saturated carbocycles. The zero-order valence-electron chi connectivity index (χ0n) is 11.4. The van der Waals surface area contributed by atoms with Crippen molar-refractivity contribution in [3.05, 3.63) is 29.3 Å². The van der Waals surface area contributed by atoms with E-state index in [1.165, 1.54) is 6.08 Å². The highest BCUT2D eigenvalue weighted by molar-refractivity contribution is 5.81.